The summed E-state index contributed by atoms with van der Waals surface area (Å²) in [5, 5.41) is 11.8. The first-order chi connectivity index (χ1) is 10.7. The van der Waals surface area contributed by atoms with E-state index >= 15 is 0 Å². The molecule has 7 heteroatoms. The Morgan fingerprint density at radius 2 is 2.23 bits per heavy atom. The summed E-state index contributed by atoms with van der Waals surface area (Å²) in [6, 6.07) is 0. The molecule has 0 saturated heterocycles. The van der Waals surface area contributed by atoms with Gasteiger partial charge in [0.1, 0.15) is 12.4 Å². The molecule has 3 heterocycles. The Kier molecular flexibility index (Phi) is 3.37. The van der Waals surface area contributed by atoms with Crippen LogP contribution in [0, 0.1) is 0 Å². The summed E-state index contributed by atoms with van der Waals surface area (Å²) < 4.78 is 13.3. The van der Waals surface area contributed by atoms with Crippen molar-refractivity contribution in [3.05, 3.63) is 12.1 Å². The SMILES string of the molecule is CC1(OCc2nc(-c3cnn4c3NCCC4)no2)CCCC1. The molecule has 1 aliphatic heterocycles. The van der Waals surface area contributed by atoms with Gasteiger partial charge in [-0.3, -0.25) is 0 Å². The Morgan fingerprint density at radius 1 is 1.36 bits per heavy atom. The molecule has 1 N–H and O–H groups in total. The van der Waals surface area contributed by atoms with Gasteiger partial charge in [-0.15, -0.1) is 0 Å². The first-order valence-electron chi connectivity index (χ1n) is 8.00. The molecule has 0 radical (unpaired) electrons. The van der Waals surface area contributed by atoms with Crippen molar-refractivity contribution in [3.63, 3.8) is 0 Å². The third-order valence-corrected chi connectivity index (χ3v) is 4.59. The van der Waals surface area contributed by atoms with Crippen molar-refractivity contribution < 1.29 is 9.26 Å². The average molecular weight is 303 g/mol. The molecule has 1 aliphatic carbocycles. The van der Waals surface area contributed by atoms with Crippen LogP contribution in [0.5, 0.6) is 0 Å². The number of hydrogen-bond donors (Lipinski definition) is 1. The molecule has 118 valence electrons. The number of hydrogen-bond acceptors (Lipinski definition) is 6. The second-order valence-electron chi connectivity index (χ2n) is 6.37. The standard InChI is InChI=1S/C15H21N5O2/c1-15(5-2-3-6-15)21-10-12-18-13(19-22-12)11-9-17-20-8-4-7-16-14(11)20/h9,16H,2-8,10H2,1H3. The van der Waals surface area contributed by atoms with E-state index in [0.29, 0.717) is 18.3 Å². The summed E-state index contributed by atoms with van der Waals surface area (Å²) >= 11 is 0. The number of nitrogens with zero attached hydrogens (tertiary/aromatic N) is 4. The zero-order valence-corrected chi connectivity index (χ0v) is 12.8. The summed E-state index contributed by atoms with van der Waals surface area (Å²) in [6.45, 7) is 4.41. The van der Waals surface area contributed by atoms with Crippen molar-refractivity contribution in [1.82, 2.24) is 19.9 Å². The van der Waals surface area contributed by atoms with Gasteiger partial charge in [-0.2, -0.15) is 10.1 Å². The van der Waals surface area contributed by atoms with Crippen LogP contribution in [0.25, 0.3) is 11.4 Å². The smallest absolute Gasteiger partial charge is 0.252 e. The molecule has 2 aliphatic rings. The van der Waals surface area contributed by atoms with Crippen LogP contribution in [-0.2, 0) is 17.9 Å². The van der Waals surface area contributed by atoms with E-state index in [-0.39, 0.29) is 5.60 Å². The van der Waals surface area contributed by atoms with E-state index < -0.39 is 0 Å². The molecule has 1 saturated carbocycles. The number of ether oxygens (including phenoxy) is 1. The summed E-state index contributed by atoms with van der Waals surface area (Å²) in [6.07, 6.45) is 7.56. The van der Waals surface area contributed by atoms with E-state index in [9.17, 15) is 0 Å². The fraction of sp³-hybridized carbons (Fsp3) is 0.667. The van der Waals surface area contributed by atoms with Gasteiger partial charge in [0.15, 0.2) is 0 Å². The molecule has 2 aromatic rings. The maximum Gasteiger partial charge on any atom is 0.252 e. The van der Waals surface area contributed by atoms with Gasteiger partial charge in [-0.1, -0.05) is 18.0 Å². The molecule has 0 aromatic carbocycles. The molecule has 0 amide bonds. The van der Waals surface area contributed by atoms with Crippen LogP contribution >= 0.6 is 0 Å². The monoisotopic (exact) mass is 303 g/mol. The highest BCUT2D eigenvalue weighted by Crippen LogP contribution is 2.33. The maximum atomic E-state index is 5.99. The number of aryl methyl sites for hydroxylation is 1. The minimum absolute atomic E-state index is 0.0347. The Morgan fingerprint density at radius 3 is 3.09 bits per heavy atom. The van der Waals surface area contributed by atoms with Crippen molar-refractivity contribution in [1.29, 1.82) is 0 Å². The van der Waals surface area contributed by atoms with Crippen LogP contribution in [0.3, 0.4) is 0 Å². The minimum atomic E-state index is -0.0347. The predicted octanol–water partition coefficient (Wildman–Crippen LogP) is 2.60. The minimum Gasteiger partial charge on any atom is -0.370 e. The number of anilines is 1. The normalized spacial score (nSPS) is 19.9. The average Bonchev–Trinajstić information content (AvgIpc) is 3.24. The fourth-order valence-corrected chi connectivity index (χ4v) is 3.27. The lowest BCUT2D eigenvalue weighted by Gasteiger charge is -2.22. The molecular formula is C15H21N5O2. The molecule has 0 atom stereocenters. The van der Waals surface area contributed by atoms with Crippen LogP contribution in [0.15, 0.2) is 10.7 Å². The van der Waals surface area contributed by atoms with Gasteiger partial charge in [-0.05, 0) is 26.2 Å². The van der Waals surface area contributed by atoms with E-state index in [1.165, 1.54) is 12.8 Å². The Bertz CT molecular complexity index is 657. The molecule has 0 unspecified atom stereocenters. The van der Waals surface area contributed by atoms with Crippen molar-refractivity contribution >= 4 is 5.82 Å². The number of fused-ring (bicyclic) bond motifs is 1. The van der Waals surface area contributed by atoms with Crippen LogP contribution in [0.1, 0.15) is 44.9 Å². The molecule has 1 fully saturated rings. The molecule has 7 nitrogen and oxygen atoms in total. The van der Waals surface area contributed by atoms with Crippen molar-refractivity contribution in [2.24, 2.45) is 0 Å². The Balaban J connectivity index is 1.48. The first-order valence-corrected chi connectivity index (χ1v) is 8.00. The molecule has 0 bridgehead atoms. The van der Waals surface area contributed by atoms with Gasteiger partial charge in [0, 0.05) is 13.1 Å². The maximum absolute atomic E-state index is 5.99. The molecule has 4 rings (SSSR count). The summed E-state index contributed by atoms with van der Waals surface area (Å²) in [5.74, 6) is 2.08. The van der Waals surface area contributed by atoms with Gasteiger partial charge >= 0.3 is 0 Å². The molecule has 22 heavy (non-hydrogen) atoms. The predicted molar refractivity (Wildman–Crippen MR) is 80.3 cm³/mol. The van der Waals surface area contributed by atoms with E-state index in [1.54, 1.807) is 6.20 Å². The molecule has 0 spiro atoms. The van der Waals surface area contributed by atoms with Crippen LogP contribution in [0.4, 0.5) is 5.82 Å². The second-order valence-corrected chi connectivity index (χ2v) is 6.37. The van der Waals surface area contributed by atoms with Crippen LogP contribution in [-0.4, -0.2) is 32.1 Å². The lowest BCUT2D eigenvalue weighted by Crippen LogP contribution is -2.23. The first kappa shape index (κ1) is 13.8. The lowest BCUT2D eigenvalue weighted by atomic mass is 10.1. The zero-order chi connectivity index (χ0) is 15.0. The van der Waals surface area contributed by atoms with E-state index in [2.05, 4.69) is 27.5 Å². The van der Waals surface area contributed by atoms with Crippen LogP contribution < -0.4 is 5.32 Å². The molecular weight excluding hydrogens is 282 g/mol. The molecule has 2 aromatic heterocycles. The number of rotatable bonds is 4. The van der Waals surface area contributed by atoms with Gasteiger partial charge in [-0.25, -0.2) is 4.68 Å². The second kappa shape index (κ2) is 5.39. The summed E-state index contributed by atoms with van der Waals surface area (Å²) in [7, 11) is 0. The van der Waals surface area contributed by atoms with Gasteiger partial charge in [0.05, 0.1) is 17.4 Å². The number of nitrogens with one attached hydrogen (secondary N) is 1. The van der Waals surface area contributed by atoms with E-state index in [0.717, 1.165) is 43.7 Å². The van der Waals surface area contributed by atoms with E-state index in [1.807, 2.05) is 4.68 Å². The van der Waals surface area contributed by atoms with Gasteiger partial charge in [0.25, 0.3) is 5.89 Å². The lowest BCUT2D eigenvalue weighted by molar-refractivity contribution is -0.0473. The third-order valence-electron chi connectivity index (χ3n) is 4.59. The number of aromatic nitrogens is 4. The van der Waals surface area contributed by atoms with E-state index in [4.69, 9.17) is 9.26 Å². The highest BCUT2D eigenvalue weighted by Gasteiger charge is 2.30. The van der Waals surface area contributed by atoms with Crippen molar-refractivity contribution in [2.75, 3.05) is 11.9 Å². The van der Waals surface area contributed by atoms with Crippen molar-refractivity contribution in [3.8, 4) is 11.4 Å². The zero-order valence-electron chi connectivity index (χ0n) is 12.8. The quantitative estimate of drug-likeness (QED) is 0.935. The van der Waals surface area contributed by atoms with Gasteiger partial charge in [0.2, 0.25) is 5.82 Å². The summed E-state index contributed by atoms with van der Waals surface area (Å²) in [5.41, 5.74) is 0.856. The van der Waals surface area contributed by atoms with Crippen molar-refractivity contribution in [2.45, 2.75) is 57.8 Å². The fourth-order valence-electron chi connectivity index (χ4n) is 3.27. The Hall–Kier alpha value is -1.89. The highest BCUT2D eigenvalue weighted by atomic mass is 16.5. The highest BCUT2D eigenvalue weighted by molar-refractivity contribution is 5.69. The Labute approximate surface area is 129 Å². The topological polar surface area (TPSA) is 78.0 Å². The largest absolute Gasteiger partial charge is 0.370 e. The van der Waals surface area contributed by atoms with Crippen LogP contribution in [0.2, 0.25) is 0 Å². The summed E-state index contributed by atoms with van der Waals surface area (Å²) in [4.78, 5) is 4.46. The van der Waals surface area contributed by atoms with Gasteiger partial charge < -0.3 is 14.6 Å². The third kappa shape index (κ3) is 2.49.